The molecule has 0 aliphatic carbocycles. The predicted octanol–water partition coefficient (Wildman–Crippen LogP) is 1.52. The van der Waals surface area contributed by atoms with Gasteiger partial charge >= 0.3 is 5.97 Å². The molecule has 5 nitrogen and oxygen atoms in total. The van der Waals surface area contributed by atoms with Crippen LogP contribution in [0.4, 0.5) is 10.2 Å². The molecule has 1 aromatic rings. The highest BCUT2D eigenvalue weighted by Gasteiger charge is 2.20. The van der Waals surface area contributed by atoms with E-state index >= 15 is 0 Å². The van der Waals surface area contributed by atoms with E-state index in [-0.39, 0.29) is 24.0 Å². The molecule has 0 fully saturated rings. The highest BCUT2D eigenvalue weighted by Crippen LogP contribution is 2.21. The van der Waals surface area contributed by atoms with Gasteiger partial charge in [0.25, 0.3) is 0 Å². The molecule has 0 atom stereocenters. The lowest BCUT2D eigenvalue weighted by molar-refractivity contribution is 0.0696. The van der Waals surface area contributed by atoms with Gasteiger partial charge in [-0.15, -0.1) is 0 Å². The summed E-state index contributed by atoms with van der Waals surface area (Å²) in [5.74, 6) is -1.67. The number of pyridine rings is 1. The van der Waals surface area contributed by atoms with Crippen LogP contribution < -0.4 is 4.90 Å². The van der Waals surface area contributed by atoms with E-state index in [1.807, 2.05) is 13.8 Å². The Hall–Kier alpha value is -1.69. The summed E-state index contributed by atoms with van der Waals surface area (Å²) in [7, 11) is 0. The number of halogens is 1. The number of hydrogen-bond donors (Lipinski definition) is 2. The van der Waals surface area contributed by atoms with Crippen LogP contribution in [0.3, 0.4) is 0 Å². The average Bonchev–Trinajstić information content (AvgIpc) is 2.30. The molecule has 0 aliphatic heterocycles. The summed E-state index contributed by atoms with van der Waals surface area (Å²) in [6.45, 7) is 4.24. The minimum Gasteiger partial charge on any atom is -0.478 e. The first-order valence-corrected chi connectivity index (χ1v) is 5.73. The second-order valence-corrected chi connectivity index (χ2v) is 4.19. The molecule has 100 valence electrons. The van der Waals surface area contributed by atoms with Crippen LogP contribution in [0.25, 0.3) is 0 Å². The summed E-state index contributed by atoms with van der Waals surface area (Å²) in [4.78, 5) is 16.7. The minimum atomic E-state index is -1.22. The number of aromatic carboxylic acids is 1. The molecular weight excluding hydrogens is 239 g/mol. The molecule has 0 saturated carbocycles. The van der Waals surface area contributed by atoms with Gasteiger partial charge in [0, 0.05) is 19.2 Å². The van der Waals surface area contributed by atoms with Crippen LogP contribution in [0.5, 0.6) is 0 Å². The molecule has 0 bridgehead atoms. The van der Waals surface area contributed by atoms with E-state index in [2.05, 4.69) is 4.98 Å². The van der Waals surface area contributed by atoms with Gasteiger partial charge in [0.2, 0.25) is 0 Å². The molecular formula is C12H17FN2O3. The quantitative estimate of drug-likeness (QED) is 0.807. The number of carboxylic acid groups (broad SMARTS) is 1. The van der Waals surface area contributed by atoms with Crippen LogP contribution in [0, 0.1) is 5.82 Å². The summed E-state index contributed by atoms with van der Waals surface area (Å²) in [6, 6.07) is 0.964. The Morgan fingerprint density at radius 3 is 2.72 bits per heavy atom. The zero-order valence-electron chi connectivity index (χ0n) is 10.4. The molecule has 6 heteroatoms. The number of hydrogen-bond acceptors (Lipinski definition) is 4. The lowest BCUT2D eigenvalue weighted by Gasteiger charge is -2.28. The molecule has 0 aliphatic rings. The number of nitrogens with zero attached hydrogens (tertiary/aromatic N) is 2. The zero-order valence-corrected chi connectivity index (χ0v) is 10.4. The highest BCUT2D eigenvalue weighted by molar-refractivity contribution is 5.93. The van der Waals surface area contributed by atoms with Gasteiger partial charge in [0.05, 0.1) is 6.20 Å². The SMILES string of the molecule is CC(C)N(CCCO)c1ncc(F)cc1C(=O)O. The predicted molar refractivity (Wildman–Crippen MR) is 65.3 cm³/mol. The van der Waals surface area contributed by atoms with E-state index in [0.29, 0.717) is 13.0 Å². The Kier molecular flexibility index (Phi) is 5.03. The fourth-order valence-corrected chi connectivity index (χ4v) is 1.67. The highest BCUT2D eigenvalue weighted by atomic mass is 19.1. The van der Waals surface area contributed by atoms with Gasteiger partial charge in [-0.3, -0.25) is 0 Å². The minimum absolute atomic E-state index is 0.00677. The molecule has 1 aromatic heterocycles. The Morgan fingerprint density at radius 2 is 2.22 bits per heavy atom. The van der Waals surface area contributed by atoms with Gasteiger partial charge in [-0.1, -0.05) is 0 Å². The average molecular weight is 256 g/mol. The fraction of sp³-hybridized carbons (Fsp3) is 0.500. The summed E-state index contributed by atoms with van der Waals surface area (Å²) in [6.07, 6.45) is 1.49. The van der Waals surface area contributed by atoms with Crippen molar-refractivity contribution in [3.63, 3.8) is 0 Å². The molecule has 1 rings (SSSR count). The van der Waals surface area contributed by atoms with Crippen LogP contribution in [-0.4, -0.2) is 40.4 Å². The standard InChI is InChI=1S/C12H17FN2O3/c1-8(2)15(4-3-5-16)11-10(12(17)18)6-9(13)7-14-11/h6-8,16H,3-5H2,1-2H3,(H,17,18). The van der Waals surface area contributed by atoms with E-state index in [9.17, 15) is 9.18 Å². The third-order valence-corrected chi connectivity index (χ3v) is 2.52. The van der Waals surface area contributed by atoms with Crippen molar-refractivity contribution >= 4 is 11.8 Å². The van der Waals surface area contributed by atoms with Crippen molar-refractivity contribution in [2.24, 2.45) is 0 Å². The number of anilines is 1. The Bertz CT molecular complexity index is 424. The van der Waals surface area contributed by atoms with Crippen molar-refractivity contribution in [1.82, 2.24) is 4.98 Å². The molecule has 0 radical (unpaired) electrons. The van der Waals surface area contributed by atoms with Crippen molar-refractivity contribution in [3.8, 4) is 0 Å². The third kappa shape index (κ3) is 3.40. The monoisotopic (exact) mass is 256 g/mol. The van der Waals surface area contributed by atoms with Gasteiger partial charge in [-0.05, 0) is 26.3 Å². The van der Waals surface area contributed by atoms with Gasteiger partial charge in [-0.2, -0.15) is 0 Å². The molecule has 0 unspecified atom stereocenters. The summed E-state index contributed by atoms with van der Waals surface area (Å²) < 4.78 is 13.0. The summed E-state index contributed by atoms with van der Waals surface area (Å²) in [5.41, 5.74) is -0.165. The van der Waals surface area contributed by atoms with Crippen molar-refractivity contribution in [2.75, 3.05) is 18.1 Å². The van der Waals surface area contributed by atoms with Crippen molar-refractivity contribution in [1.29, 1.82) is 0 Å². The maximum Gasteiger partial charge on any atom is 0.339 e. The summed E-state index contributed by atoms with van der Waals surface area (Å²) in [5, 5.41) is 17.9. The number of carboxylic acids is 1. The van der Waals surface area contributed by atoms with Gasteiger partial charge in [0.1, 0.15) is 17.2 Å². The number of aromatic nitrogens is 1. The van der Waals surface area contributed by atoms with Crippen LogP contribution in [0.15, 0.2) is 12.3 Å². The van der Waals surface area contributed by atoms with Crippen molar-refractivity contribution in [2.45, 2.75) is 26.3 Å². The molecule has 0 saturated heterocycles. The van der Waals surface area contributed by atoms with Gasteiger partial charge < -0.3 is 15.1 Å². The molecule has 2 N–H and O–H groups in total. The largest absolute Gasteiger partial charge is 0.478 e. The topological polar surface area (TPSA) is 73.7 Å². The maximum atomic E-state index is 13.0. The first-order valence-electron chi connectivity index (χ1n) is 5.73. The van der Waals surface area contributed by atoms with Crippen molar-refractivity contribution < 1.29 is 19.4 Å². The van der Waals surface area contributed by atoms with Crippen molar-refractivity contribution in [3.05, 3.63) is 23.6 Å². The number of aliphatic hydroxyl groups is 1. The van der Waals surface area contributed by atoms with Gasteiger partial charge in [0.15, 0.2) is 0 Å². The Morgan fingerprint density at radius 1 is 1.56 bits per heavy atom. The maximum absolute atomic E-state index is 13.0. The molecule has 0 amide bonds. The van der Waals surface area contributed by atoms with Crippen LogP contribution in [-0.2, 0) is 0 Å². The van der Waals surface area contributed by atoms with E-state index < -0.39 is 11.8 Å². The molecule has 18 heavy (non-hydrogen) atoms. The molecule has 1 heterocycles. The fourth-order valence-electron chi connectivity index (χ4n) is 1.67. The van der Waals surface area contributed by atoms with E-state index in [4.69, 9.17) is 10.2 Å². The second kappa shape index (κ2) is 6.30. The Balaban J connectivity index is 3.14. The number of rotatable bonds is 6. The number of carbonyl (C=O) groups is 1. The van der Waals surface area contributed by atoms with Gasteiger partial charge in [-0.25, -0.2) is 14.2 Å². The van der Waals surface area contributed by atoms with Crippen LogP contribution in [0.1, 0.15) is 30.6 Å². The molecule has 0 spiro atoms. The van der Waals surface area contributed by atoms with Crippen LogP contribution >= 0.6 is 0 Å². The van der Waals surface area contributed by atoms with Crippen LogP contribution in [0.2, 0.25) is 0 Å². The smallest absolute Gasteiger partial charge is 0.339 e. The normalized spacial score (nSPS) is 10.7. The lowest BCUT2D eigenvalue weighted by atomic mass is 10.2. The number of aliphatic hydroxyl groups excluding tert-OH is 1. The third-order valence-electron chi connectivity index (χ3n) is 2.52. The van der Waals surface area contributed by atoms with E-state index in [0.717, 1.165) is 12.3 Å². The van der Waals surface area contributed by atoms with E-state index in [1.54, 1.807) is 4.90 Å². The first kappa shape index (κ1) is 14.4. The Labute approximate surface area is 105 Å². The lowest BCUT2D eigenvalue weighted by Crippen LogP contribution is -2.34. The molecule has 0 aromatic carbocycles. The zero-order chi connectivity index (χ0) is 13.7. The summed E-state index contributed by atoms with van der Waals surface area (Å²) >= 11 is 0. The van der Waals surface area contributed by atoms with E-state index in [1.165, 1.54) is 0 Å². The first-order chi connectivity index (χ1) is 8.47. The second-order valence-electron chi connectivity index (χ2n) is 4.19.